The number of nitrogens with one attached hydrogen (secondary N) is 1. The standard InChI is InChI=1S/C27H29Cl2N3O10S/c1-3-8-21-25(35)32(43(38,39)31(21)2)16-42-23(34)13-20(30-27(37)41-14-17-9-5-4-6-10-17)22(33)15-40-26(36)24-18(28)11-7-12-19(24)29/h4-7,9-12,20-21H,3,8,13-16H2,1-2H3,(H,30,37)/t20-,21-/m0/s1. The van der Waals surface area contributed by atoms with Crippen LogP contribution in [0.1, 0.15) is 42.1 Å². The molecule has 0 aliphatic carbocycles. The number of carbonyl (C=O) groups is 5. The molecule has 1 N–H and O–H groups in total. The summed E-state index contributed by atoms with van der Waals surface area (Å²) < 4.78 is 41.7. The van der Waals surface area contributed by atoms with Crippen LogP contribution >= 0.6 is 23.2 Å². The quantitative estimate of drug-likeness (QED) is 0.250. The van der Waals surface area contributed by atoms with Gasteiger partial charge in [-0.2, -0.15) is 17.0 Å². The molecular formula is C27H29Cl2N3O10S. The van der Waals surface area contributed by atoms with E-state index in [4.69, 9.17) is 37.4 Å². The van der Waals surface area contributed by atoms with Crippen molar-refractivity contribution < 1.29 is 46.6 Å². The number of esters is 2. The molecule has 0 aromatic heterocycles. The first-order chi connectivity index (χ1) is 20.4. The van der Waals surface area contributed by atoms with Crippen molar-refractivity contribution in [3.63, 3.8) is 0 Å². The first-order valence-electron chi connectivity index (χ1n) is 12.9. The summed E-state index contributed by atoms with van der Waals surface area (Å²) in [6, 6.07) is 10.3. The fraction of sp³-hybridized carbons (Fsp3) is 0.370. The number of nitrogens with zero attached hydrogens (tertiary/aromatic N) is 2. The van der Waals surface area contributed by atoms with E-state index in [2.05, 4.69) is 5.32 Å². The van der Waals surface area contributed by atoms with Crippen molar-refractivity contribution in [2.45, 2.75) is 44.9 Å². The van der Waals surface area contributed by atoms with Gasteiger partial charge in [0.15, 0.2) is 19.1 Å². The van der Waals surface area contributed by atoms with Crippen LogP contribution in [0, 0.1) is 0 Å². The highest BCUT2D eigenvalue weighted by Crippen LogP contribution is 2.26. The predicted molar refractivity (Wildman–Crippen MR) is 153 cm³/mol. The Bertz CT molecular complexity index is 1450. The fourth-order valence-electron chi connectivity index (χ4n) is 3.97. The minimum atomic E-state index is -4.23. The molecule has 0 bridgehead atoms. The van der Waals surface area contributed by atoms with Crippen LogP contribution in [0.5, 0.6) is 0 Å². The van der Waals surface area contributed by atoms with Crippen LogP contribution in [-0.2, 0) is 45.4 Å². The molecule has 1 aliphatic rings. The number of ether oxygens (including phenoxy) is 3. The van der Waals surface area contributed by atoms with Crippen LogP contribution in [-0.4, -0.2) is 79.2 Å². The van der Waals surface area contributed by atoms with Gasteiger partial charge in [0.05, 0.1) is 22.0 Å². The first kappa shape index (κ1) is 33.8. The van der Waals surface area contributed by atoms with Gasteiger partial charge in [0.1, 0.15) is 18.7 Å². The van der Waals surface area contributed by atoms with Crippen LogP contribution in [0.25, 0.3) is 0 Å². The largest absolute Gasteiger partial charge is 0.454 e. The second kappa shape index (κ2) is 15.1. The molecule has 2 aromatic rings. The SMILES string of the molecule is CCC[C@H]1C(=O)N(COC(=O)C[C@H](NC(=O)OCc2ccccc2)C(=O)COC(=O)c2c(Cl)cccc2Cl)S(=O)(=O)N1C. The van der Waals surface area contributed by atoms with E-state index in [1.807, 2.05) is 0 Å². The topological polar surface area (TPSA) is 166 Å². The van der Waals surface area contributed by atoms with Crippen molar-refractivity contribution in [3.8, 4) is 0 Å². The molecule has 2 aromatic carbocycles. The van der Waals surface area contributed by atoms with Crippen molar-refractivity contribution in [1.82, 2.24) is 13.9 Å². The Morgan fingerprint density at radius 1 is 0.977 bits per heavy atom. The van der Waals surface area contributed by atoms with Gasteiger partial charge in [-0.25, -0.2) is 9.59 Å². The minimum Gasteiger partial charge on any atom is -0.454 e. The van der Waals surface area contributed by atoms with Gasteiger partial charge >= 0.3 is 28.2 Å². The Morgan fingerprint density at radius 2 is 1.63 bits per heavy atom. The summed E-state index contributed by atoms with van der Waals surface area (Å²) in [5, 5.41) is 2.18. The number of amides is 2. The molecular weight excluding hydrogens is 629 g/mol. The van der Waals surface area contributed by atoms with Crippen LogP contribution < -0.4 is 5.32 Å². The molecule has 43 heavy (non-hydrogen) atoms. The van der Waals surface area contributed by atoms with E-state index < -0.39 is 71.8 Å². The Hall–Kier alpha value is -3.72. The molecule has 0 saturated carbocycles. The number of rotatable bonds is 13. The maximum absolute atomic E-state index is 13.0. The lowest BCUT2D eigenvalue weighted by atomic mass is 10.1. The zero-order chi connectivity index (χ0) is 31.7. The molecule has 1 aliphatic heterocycles. The number of Topliss-reactive ketones (excluding diaryl/α,β-unsaturated/α-hetero) is 1. The second-order valence-electron chi connectivity index (χ2n) is 9.26. The smallest absolute Gasteiger partial charge is 0.408 e. The molecule has 1 fully saturated rings. The third-order valence-corrected chi connectivity index (χ3v) is 8.75. The van der Waals surface area contributed by atoms with Crippen molar-refractivity contribution in [3.05, 3.63) is 69.7 Å². The fourth-order valence-corrected chi connectivity index (χ4v) is 5.89. The van der Waals surface area contributed by atoms with Crippen molar-refractivity contribution in [1.29, 1.82) is 0 Å². The number of hydrogen-bond acceptors (Lipinski definition) is 10. The van der Waals surface area contributed by atoms with Gasteiger partial charge < -0.3 is 19.5 Å². The summed E-state index contributed by atoms with van der Waals surface area (Å²) in [4.78, 5) is 63.3. The van der Waals surface area contributed by atoms with E-state index in [9.17, 15) is 32.4 Å². The number of alkyl carbamates (subject to hydrolysis) is 1. The first-order valence-corrected chi connectivity index (χ1v) is 15.1. The summed E-state index contributed by atoms with van der Waals surface area (Å²) in [5.41, 5.74) is 0.459. The van der Waals surface area contributed by atoms with E-state index in [0.717, 1.165) is 4.31 Å². The molecule has 0 spiro atoms. The van der Waals surface area contributed by atoms with Gasteiger partial charge in [0.2, 0.25) is 0 Å². The maximum Gasteiger partial charge on any atom is 0.408 e. The Labute approximate surface area is 258 Å². The van der Waals surface area contributed by atoms with Gasteiger partial charge in [0, 0.05) is 7.05 Å². The highest BCUT2D eigenvalue weighted by Gasteiger charge is 2.48. The molecule has 16 heteroatoms. The van der Waals surface area contributed by atoms with E-state index in [0.29, 0.717) is 16.3 Å². The maximum atomic E-state index is 13.0. The zero-order valence-corrected chi connectivity index (χ0v) is 25.5. The van der Waals surface area contributed by atoms with E-state index in [-0.39, 0.29) is 28.6 Å². The lowest BCUT2D eigenvalue weighted by Gasteiger charge is -2.19. The molecule has 1 saturated heterocycles. The van der Waals surface area contributed by atoms with Crippen LogP contribution in [0.3, 0.4) is 0 Å². The Balaban J connectivity index is 1.67. The normalized spacial score (nSPS) is 16.8. The highest BCUT2D eigenvalue weighted by molar-refractivity contribution is 7.87. The number of ketones is 1. The van der Waals surface area contributed by atoms with Crippen LogP contribution in [0.15, 0.2) is 48.5 Å². The summed E-state index contributed by atoms with van der Waals surface area (Å²) in [6.45, 7) is -0.213. The average molecular weight is 659 g/mol. The number of halogens is 2. The number of carbonyl (C=O) groups excluding carboxylic acids is 5. The minimum absolute atomic E-state index is 0.0223. The molecule has 3 rings (SSSR count). The van der Waals surface area contributed by atoms with Crippen molar-refractivity contribution >= 4 is 63.1 Å². The van der Waals surface area contributed by atoms with Crippen molar-refractivity contribution in [2.75, 3.05) is 20.4 Å². The van der Waals surface area contributed by atoms with Gasteiger partial charge in [-0.15, -0.1) is 0 Å². The summed E-state index contributed by atoms with van der Waals surface area (Å²) in [6.07, 6.45) is -1.08. The Morgan fingerprint density at radius 3 is 2.26 bits per heavy atom. The molecule has 2 amide bonds. The number of hydrogen-bond donors (Lipinski definition) is 1. The average Bonchev–Trinajstić information content (AvgIpc) is 3.12. The monoisotopic (exact) mass is 657 g/mol. The molecule has 13 nitrogen and oxygen atoms in total. The van der Waals surface area contributed by atoms with Gasteiger partial charge in [0.25, 0.3) is 5.91 Å². The Kier molecular flexibility index (Phi) is 11.9. The van der Waals surface area contributed by atoms with Crippen LogP contribution in [0.4, 0.5) is 4.79 Å². The molecule has 232 valence electrons. The molecule has 2 atom stereocenters. The van der Waals surface area contributed by atoms with Crippen molar-refractivity contribution in [2.24, 2.45) is 0 Å². The number of likely N-dealkylation sites (N-methyl/N-ethyl adjacent to an activating group) is 1. The lowest BCUT2D eigenvalue weighted by molar-refractivity contribution is -0.150. The zero-order valence-electron chi connectivity index (χ0n) is 23.2. The second-order valence-corrected chi connectivity index (χ2v) is 12.0. The third-order valence-electron chi connectivity index (χ3n) is 6.29. The van der Waals surface area contributed by atoms with Gasteiger partial charge in [-0.05, 0) is 24.1 Å². The molecule has 1 heterocycles. The lowest BCUT2D eigenvalue weighted by Crippen LogP contribution is -2.45. The summed E-state index contributed by atoms with van der Waals surface area (Å²) in [7, 11) is -2.98. The molecule has 0 radical (unpaired) electrons. The third kappa shape index (κ3) is 8.66. The van der Waals surface area contributed by atoms with Gasteiger partial charge in [-0.1, -0.05) is 72.9 Å². The van der Waals surface area contributed by atoms with E-state index in [1.165, 1.54) is 25.2 Å². The molecule has 0 unspecified atom stereocenters. The highest BCUT2D eigenvalue weighted by atomic mass is 35.5. The summed E-state index contributed by atoms with van der Waals surface area (Å²) >= 11 is 12.0. The summed E-state index contributed by atoms with van der Waals surface area (Å²) in [5.74, 6) is -3.86. The number of benzene rings is 2. The van der Waals surface area contributed by atoms with E-state index >= 15 is 0 Å². The van der Waals surface area contributed by atoms with E-state index in [1.54, 1.807) is 37.3 Å². The predicted octanol–water partition coefficient (Wildman–Crippen LogP) is 3.09. The van der Waals surface area contributed by atoms with Crippen LogP contribution in [0.2, 0.25) is 10.0 Å². The van der Waals surface area contributed by atoms with Gasteiger partial charge in [-0.3, -0.25) is 14.4 Å².